The number of fused-ring (bicyclic) bond motifs is 1. The van der Waals surface area contributed by atoms with E-state index in [-0.39, 0.29) is 5.82 Å². The smallest absolute Gasteiger partial charge is 0.134 e. The van der Waals surface area contributed by atoms with Crippen molar-refractivity contribution < 1.29 is 4.39 Å². The maximum Gasteiger partial charge on any atom is 0.134 e. The first-order valence-corrected chi connectivity index (χ1v) is 5.45. The quantitative estimate of drug-likeness (QED) is 0.670. The van der Waals surface area contributed by atoms with Crippen molar-refractivity contribution >= 4 is 45.1 Å². The molecular weight excluding hydrogens is 315 g/mol. The van der Waals surface area contributed by atoms with Gasteiger partial charge in [0.25, 0.3) is 0 Å². The molecular formula is C10H6ClFIN. The molecule has 72 valence electrons. The topological polar surface area (TPSA) is 12.9 Å². The van der Waals surface area contributed by atoms with Gasteiger partial charge in [-0.3, -0.25) is 4.98 Å². The van der Waals surface area contributed by atoms with Gasteiger partial charge in [-0.2, -0.15) is 0 Å². The second-order valence-corrected chi connectivity index (χ2v) is 4.55. The van der Waals surface area contributed by atoms with E-state index in [4.69, 9.17) is 11.6 Å². The van der Waals surface area contributed by atoms with E-state index >= 15 is 0 Å². The molecule has 0 fully saturated rings. The van der Waals surface area contributed by atoms with E-state index in [1.54, 1.807) is 12.3 Å². The van der Waals surface area contributed by atoms with Crippen LogP contribution in [0.3, 0.4) is 0 Å². The monoisotopic (exact) mass is 321 g/mol. The Morgan fingerprint density at radius 2 is 2.14 bits per heavy atom. The summed E-state index contributed by atoms with van der Waals surface area (Å²) >= 11 is 8.06. The van der Waals surface area contributed by atoms with Crippen molar-refractivity contribution in [3.63, 3.8) is 0 Å². The van der Waals surface area contributed by atoms with Crippen LogP contribution in [0, 0.1) is 16.3 Å². The lowest BCUT2D eigenvalue weighted by Gasteiger charge is -2.05. The van der Waals surface area contributed by atoms with E-state index in [0.29, 0.717) is 15.9 Å². The highest BCUT2D eigenvalue weighted by Gasteiger charge is 2.10. The lowest BCUT2D eigenvalue weighted by Crippen LogP contribution is -1.90. The molecule has 1 nitrogen and oxygen atoms in total. The Kier molecular flexibility index (Phi) is 2.62. The molecule has 0 amide bonds. The molecule has 0 aliphatic rings. The van der Waals surface area contributed by atoms with Gasteiger partial charge < -0.3 is 0 Å². The van der Waals surface area contributed by atoms with Crippen molar-refractivity contribution in [1.29, 1.82) is 0 Å². The molecule has 14 heavy (non-hydrogen) atoms. The second-order valence-electron chi connectivity index (χ2n) is 3.01. The molecule has 1 heterocycles. The van der Waals surface area contributed by atoms with Crippen LogP contribution in [-0.4, -0.2) is 4.98 Å². The summed E-state index contributed by atoms with van der Waals surface area (Å²) in [6.45, 7) is 1.89. The fraction of sp³-hybridized carbons (Fsp3) is 0.100. The Balaban J connectivity index is 3.01. The molecule has 0 aliphatic heterocycles. The largest absolute Gasteiger partial charge is 0.255 e. The molecule has 0 bridgehead atoms. The Morgan fingerprint density at radius 3 is 2.86 bits per heavy atom. The van der Waals surface area contributed by atoms with Crippen LogP contribution in [0.5, 0.6) is 0 Å². The van der Waals surface area contributed by atoms with Gasteiger partial charge in [-0.1, -0.05) is 17.7 Å². The van der Waals surface area contributed by atoms with E-state index in [1.165, 1.54) is 6.07 Å². The van der Waals surface area contributed by atoms with Gasteiger partial charge in [-0.05, 0) is 41.1 Å². The van der Waals surface area contributed by atoms with E-state index in [0.717, 1.165) is 9.13 Å². The summed E-state index contributed by atoms with van der Waals surface area (Å²) in [5.41, 5.74) is 1.56. The number of halogens is 3. The summed E-state index contributed by atoms with van der Waals surface area (Å²) in [5.74, 6) is -0.318. The summed E-state index contributed by atoms with van der Waals surface area (Å²) in [7, 11) is 0. The number of rotatable bonds is 0. The Labute approximate surface area is 99.4 Å². The summed E-state index contributed by atoms with van der Waals surface area (Å²) < 4.78 is 14.2. The minimum Gasteiger partial charge on any atom is -0.255 e. The van der Waals surface area contributed by atoms with Gasteiger partial charge in [0, 0.05) is 6.20 Å². The molecule has 2 aromatic rings. The van der Waals surface area contributed by atoms with Crippen LogP contribution < -0.4 is 0 Å². The van der Waals surface area contributed by atoms with Gasteiger partial charge in [0.15, 0.2) is 0 Å². The molecule has 0 saturated carbocycles. The lowest BCUT2D eigenvalue weighted by molar-refractivity contribution is 0.639. The normalized spacial score (nSPS) is 10.9. The van der Waals surface area contributed by atoms with Gasteiger partial charge in [0.2, 0.25) is 0 Å². The van der Waals surface area contributed by atoms with Gasteiger partial charge in [0.05, 0.1) is 19.5 Å². The molecule has 0 saturated heterocycles. The van der Waals surface area contributed by atoms with Crippen LogP contribution in [0.4, 0.5) is 4.39 Å². The molecule has 0 spiro atoms. The number of nitrogens with zero attached hydrogens (tertiary/aromatic N) is 1. The van der Waals surface area contributed by atoms with Crippen molar-refractivity contribution in [3.05, 3.63) is 38.3 Å². The highest BCUT2D eigenvalue weighted by molar-refractivity contribution is 14.1. The first-order chi connectivity index (χ1) is 6.61. The molecule has 1 aromatic heterocycles. The van der Waals surface area contributed by atoms with Crippen LogP contribution in [0.1, 0.15) is 5.56 Å². The molecule has 0 atom stereocenters. The van der Waals surface area contributed by atoms with Gasteiger partial charge in [0.1, 0.15) is 5.82 Å². The third-order valence-electron chi connectivity index (χ3n) is 2.06. The van der Waals surface area contributed by atoms with Crippen LogP contribution in [-0.2, 0) is 0 Å². The standard InChI is InChI=1S/C10H6ClFIN/c1-5-2-3-6(12)8-9(11)7(13)4-14-10(5)8/h2-4H,1H3. The number of aromatic nitrogens is 1. The molecule has 0 radical (unpaired) electrons. The fourth-order valence-electron chi connectivity index (χ4n) is 1.34. The van der Waals surface area contributed by atoms with Crippen LogP contribution in [0.15, 0.2) is 18.3 Å². The molecule has 0 N–H and O–H groups in total. The van der Waals surface area contributed by atoms with Gasteiger partial charge >= 0.3 is 0 Å². The molecule has 0 aliphatic carbocycles. The zero-order valence-corrected chi connectivity index (χ0v) is 10.2. The molecule has 1 aromatic carbocycles. The minimum atomic E-state index is -0.318. The Hall–Kier alpha value is -0.420. The number of benzene rings is 1. The Bertz CT molecular complexity index is 513. The second kappa shape index (κ2) is 3.62. The maximum absolute atomic E-state index is 13.5. The average molecular weight is 322 g/mol. The van der Waals surface area contributed by atoms with Crippen molar-refractivity contribution in [2.75, 3.05) is 0 Å². The molecule has 0 unspecified atom stereocenters. The van der Waals surface area contributed by atoms with Crippen LogP contribution in [0.25, 0.3) is 10.9 Å². The predicted molar refractivity (Wildman–Crippen MR) is 64.2 cm³/mol. The van der Waals surface area contributed by atoms with E-state index in [1.807, 2.05) is 29.5 Å². The van der Waals surface area contributed by atoms with E-state index in [2.05, 4.69) is 4.98 Å². The number of hydrogen-bond donors (Lipinski definition) is 0. The van der Waals surface area contributed by atoms with Crippen LogP contribution >= 0.6 is 34.2 Å². The van der Waals surface area contributed by atoms with E-state index in [9.17, 15) is 4.39 Å². The highest BCUT2D eigenvalue weighted by atomic mass is 127. The number of pyridine rings is 1. The maximum atomic E-state index is 13.5. The third kappa shape index (κ3) is 1.48. The third-order valence-corrected chi connectivity index (χ3v) is 3.59. The molecule has 2 rings (SSSR count). The van der Waals surface area contributed by atoms with Gasteiger partial charge in [-0.15, -0.1) is 0 Å². The lowest BCUT2D eigenvalue weighted by atomic mass is 10.1. The summed E-state index contributed by atoms with van der Waals surface area (Å²) in [6, 6.07) is 3.12. The summed E-state index contributed by atoms with van der Waals surface area (Å²) in [5, 5.41) is 0.857. The SMILES string of the molecule is Cc1ccc(F)c2c(Cl)c(I)cnc12. The minimum absolute atomic E-state index is 0.318. The van der Waals surface area contributed by atoms with E-state index < -0.39 is 0 Å². The highest BCUT2D eigenvalue weighted by Crippen LogP contribution is 2.30. The number of hydrogen-bond acceptors (Lipinski definition) is 1. The zero-order valence-electron chi connectivity index (χ0n) is 7.31. The first-order valence-electron chi connectivity index (χ1n) is 4.00. The Morgan fingerprint density at radius 1 is 1.43 bits per heavy atom. The van der Waals surface area contributed by atoms with Crippen molar-refractivity contribution in [3.8, 4) is 0 Å². The van der Waals surface area contributed by atoms with Gasteiger partial charge in [-0.25, -0.2) is 4.39 Å². The summed E-state index contributed by atoms with van der Waals surface area (Å²) in [6.07, 6.45) is 1.65. The summed E-state index contributed by atoms with van der Waals surface area (Å²) in [4.78, 5) is 4.17. The van der Waals surface area contributed by atoms with Crippen molar-refractivity contribution in [2.45, 2.75) is 6.92 Å². The first kappa shape index (κ1) is 10.1. The predicted octanol–water partition coefficient (Wildman–Crippen LogP) is 3.94. The average Bonchev–Trinajstić information content (AvgIpc) is 2.16. The fourth-order valence-corrected chi connectivity index (χ4v) is 1.98. The van der Waals surface area contributed by atoms with Crippen molar-refractivity contribution in [2.24, 2.45) is 0 Å². The van der Waals surface area contributed by atoms with Crippen molar-refractivity contribution in [1.82, 2.24) is 4.98 Å². The number of aryl methyl sites for hydroxylation is 1. The molecule has 4 heteroatoms. The van der Waals surface area contributed by atoms with Crippen LogP contribution in [0.2, 0.25) is 5.02 Å². The zero-order chi connectivity index (χ0) is 10.3.